The van der Waals surface area contributed by atoms with E-state index in [1.54, 1.807) is 6.92 Å². The van der Waals surface area contributed by atoms with Crippen LogP contribution in [0.5, 0.6) is 17.2 Å². The van der Waals surface area contributed by atoms with Crippen molar-refractivity contribution in [2.24, 2.45) is 5.92 Å². The van der Waals surface area contributed by atoms with Gasteiger partial charge in [-0.15, -0.1) is 0 Å². The summed E-state index contributed by atoms with van der Waals surface area (Å²) in [6.07, 6.45) is 0.438. The van der Waals surface area contributed by atoms with Crippen LogP contribution in [-0.4, -0.2) is 48.7 Å². The third-order valence-corrected chi connectivity index (χ3v) is 7.87. The molecule has 210 valence electrons. The van der Waals surface area contributed by atoms with Crippen molar-refractivity contribution in [2.45, 2.75) is 39.3 Å². The molecule has 2 heterocycles. The van der Waals surface area contributed by atoms with Crippen LogP contribution < -0.4 is 14.8 Å². The van der Waals surface area contributed by atoms with Gasteiger partial charge >= 0.3 is 0 Å². The monoisotopic (exact) mass is 548 g/mol. The molecule has 1 fully saturated rings. The van der Waals surface area contributed by atoms with Gasteiger partial charge in [-0.1, -0.05) is 25.1 Å². The fourth-order valence-corrected chi connectivity index (χ4v) is 5.54. The van der Waals surface area contributed by atoms with E-state index in [2.05, 4.69) is 24.1 Å². The average molecular weight is 549 g/mol. The summed E-state index contributed by atoms with van der Waals surface area (Å²) < 4.78 is 42.9. The average Bonchev–Trinajstić information content (AvgIpc) is 3.40. The number of phenols is 1. The third-order valence-electron chi connectivity index (χ3n) is 7.87. The van der Waals surface area contributed by atoms with Crippen LogP contribution in [0.25, 0.3) is 11.1 Å². The number of aromatic hydroxyl groups is 1. The number of hydrogen-bond donors (Lipinski definition) is 2. The molecule has 2 aliphatic heterocycles. The van der Waals surface area contributed by atoms with Crippen LogP contribution >= 0.6 is 0 Å². The quantitative estimate of drug-likeness (QED) is 0.368. The second-order valence-corrected chi connectivity index (χ2v) is 10.7. The molecule has 6 nitrogen and oxygen atoms in total. The highest BCUT2D eigenvalue weighted by molar-refractivity contribution is 5.98. The summed E-state index contributed by atoms with van der Waals surface area (Å²) in [5, 5.41) is 12.5. The van der Waals surface area contributed by atoms with Crippen LogP contribution in [-0.2, 0) is 0 Å². The maximum Gasteiger partial charge on any atom is 0.251 e. The number of carbonyl (C=O) groups is 1. The molecule has 2 N–H and O–H groups in total. The number of fused-ring (bicyclic) bond motifs is 1. The highest BCUT2D eigenvalue weighted by Crippen LogP contribution is 2.49. The minimum Gasteiger partial charge on any atom is -0.505 e. The van der Waals surface area contributed by atoms with Crippen LogP contribution in [0.1, 0.15) is 60.3 Å². The first-order chi connectivity index (χ1) is 19.2. The normalized spacial score (nSPS) is 19.6. The van der Waals surface area contributed by atoms with E-state index in [9.17, 15) is 9.90 Å². The van der Waals surface area contributed by atoms with Crippen molar-refractivity contribution in [3.63, 3.8) is 0 Å². The van der Waals surface area contributed by atoms with Crippen LogP contribution in [0, 0.1) is 17.6 Å². The van der Waals surface area contributed by atoms with E-state index in [0.29, 0.717) is 35.5 Å². The Kier molecular flexibility index (Phi) is 7.81. The topological polar surface area (TPSA) is 71.0 Å². The molecule has 3 aromatic carbocycles. The first-order valence-corrected chi connectivity index (χ1v) is 13.6. The minimum atomic E-state index is -0.835. The van der Waals surface area contributed by atoms with Gasteiger partial charge in [0.25, 0.3) is 5.91 Å². The van der Waals surface area contributed by atoms with Crippen molar-refractivity contribution >= 4 is 17.1 Å². The van der Waals surface area contributed by atoms with Crippen molar-refractivity contribution in [3.05, 3.63) is 88.5 Å². The van der Waals surface area contributed by atoms with Crippen LogP contribution in [0.4, 0.5) is 8.78 Å². The van der Waals surface area contributed by atoms with E-state index < -0.39 is 29.4 Å². The molecular weight excluding hydrogens is 514 g/mol. The fraction of sp³-hybridized carbons (Fsp3) is 0.344. The molecule has 3 atom stereocenters. The van der Waals surface area contributed by atoms with E-state index in [1.807, 2.05) is 24.3 Å². The Bertz CT molecular complexity index is 1450. The number of rotatable bonds is 7. The van der Waals surface area contributed by atoms with Gasteiger partial charge in [0.2, 0.25) is 0 Å². The van der Waals surface area contributed by atoms with Gasteiger partial charge in [-0.05, 0) is 80.3 Å². The number of amides is 1. The molecule has 0 saturated carbocycles. The van der Waals surface area contributed by atoms with Gasteiger partial charge in [0.1, 0.15) is 30.0 Å². The summed E-state index contributed by atoms with van der Waals surface area (Å²) in [5.41, 5.74) is 1.98. The fourth-order valence-electron chi connectivity index (χ4n) is 5.54. The zero-order valence-electron chi connectivity index (χ0n) is 23.1. The molecule has 0 radical (unpaired) electrons. The van der Waals surface area contributed by atoms with Crippen molar-refractivity contribution in [3.8, 4) is 17.2 Å². The SMILES string of the molecule is CNC(=O)c1ccc(C2=C(C)c3c(ccc(O)c3F)OC2c2ccc(OC[C@H](C)N3CC[C@@H](C)C3)cc2)c(F)c1. The molecule has 0 bridgehead atoms. The molecule has 40 heavy (non-hydrogen) atoms. The summed E-state index contributed by atoms with van der Waals surface area (Å²) in [6, 6.07) is 14.6. The molecule has 5 rings (SSSR count). The van der Waals surface area contributed by atoms with Gasteiger partial charge in [0.05, 0.1) is 5.56 Å². The number of nitrogens with one attached hydrogen (secondary N) is 1. The standard InChI is InChI=1S/C32H34F2N2O4/c1-18-13-14-36(16-18)19(2)17-39-23-8-5-21(6-9-23)31-28(24-10-7-22(15-25(24)33)32(38)35-4)20(3)29-27(40-31)12-11-26(37)30(29)34/h5-12,15,18-19,31,37H,13-14,16-17H2,1-4H3,(H,35,38)/t18-,19+,31?/m1/s1. The molecule has 0 spiro atoms. The number of ether oxygens (including phenoxy) is 2. The van der Waals surface area contributed by atoms with E-state index in [0.717, 1.165) is 24.7 Å². The number of allylic oxidation sites excluding steroid dienone is 1. The van der Waals surface area contributed by atoms with E-state index >= 15 is 8.78 Å². The minimum absolute atomic E-state index is 0.0752. The smallest absolute Gasteiger partial charge is 0.251 e. The molecule has 2 aliphatic rings. The lowest BCUT2D eigenvalue weighted by atomic mass is 9.85. The molecule has 3 aromatic rings. The van der Waals surface area contributed by atoms with Crippen molar-refractivity contribution < 1.29 is 28.2 Å². The number of carbonyl (C=O) groups excluding carboxylic acids is 1. The largest absolute Gasteiger partial charge is 0.505 e. The number of hydrogen-bond acceptors (Lipinski definition) is 5. The van der Waals surface area contributed by atoms with E-state index in [-0.39, 0.29) is 22.4 Å². The number of halogens is 2. The Labute approximate surface area is 233 Å². The molecule has 1 unspecified atom stereocenters. The summed E-state index contributed by atoms with van der Waals surface area (Å²) in [7, 11) is 1.47. The Morgan fingerprint density at radius 1 is 1.18 bits per heavy atom. The summed E-state index contributed by atoms with van der Waals surface area (Å²) in [6.45, 7) is 8.84. The number of nitrogens with zero attached hydrogens (tertiary/aromatic N) is 1. The maximum absolute atomic E-state index is 15.5. The van der Waals surface area contributed by atoms with Crippen molar-refractivity contribution in [1.29, 1.82) is 0 Å². The predicted octanol–water partition coefficient (Wildman–Crippen LogP) is 6.20. The van der Waals surface area contributed by atoms with Crippen LogP contribution in [0.15, 0.2) is 54.6 Å². The summed E-state index contributed by atoms with van der Waals surface area (Å²) in [4.78, 5) is 14.5. The lowest BCUT2D eigenvalue weighted by Crippen LogP contribution is -2.35. The number of phenolic OH excluding ortho intramolecular Hbond substituents is 1. The highest BCUT2D eigenvalue weighted by Gasteiger charge is 2.33. The zero-order chi connectivity index (χ0) is 28.6. The van der Waals surface area contributed by atoms with Crippen molar-refractivity contribution in [1.82, 2.24) is 10.2 Å². The first-order valence-electron chi connectivity index (χ1n) is 13.6. The number of benzene rings is 3. The Balaban J connectivity index is 1.47. The van der Waals surface area contributed by atoms with E-state index in [1.165, 1.54) is 37.7 Å². The van der Waals surface area contributed by atoms with Crippen LogP contribution in [0.3, 0.4) is 0 Å². The van der Waals surface area contributed by atoms with Gasteiger partial charge in [0, 0.05) is 36.3 Å². The molecule has 8 heteroatoms. The van der Waals surface area contributed by atoms with Crippen molar-refractivity contribution in [2.75, 3.05) is 26.7 Å². The maximum atomic E-state index is 15.5. The highest BCUT2D eigenvalue weighted by atomic mass is 19.1. The molecule has 1 amide bonds. The lowest BCUT2D eigenvalue weighted by molar-refractivity contribution is 0.0962. The number of likely N-dealkylation sites (tertiary alicyclic amines) is 1. The van der Waals surface area contributed by atoms with Gasteiger partial charge in [0.15, 0.2) is 11.6 Å². The lowest BCUT2D eigenvalue weighted by Gasteiger charge is -2.31. The molecule has 0 aromatic heterocycles. The zero-order valence-corrected chi connectivity index (χ0v) is 23.1. The van der Waals surface area contributed by atoms with Gasteiger partial charge in [-0.3, -0.25) is 9.69 Å². The first kappa shape index (κ1) is 27.6. The van der Waals surface area contributed by atoms with Gasteiger partial charge in [-0.25, -0.2) is 8.78 Å². The van der Waals surface area contributed by atoms with Crippen LogP contribution in [0.2, 0.25) is 0 Å². The summed E-state index contributed by atoms with van der Waals surface area (Å²) in [5.74, 6) is -0.754. The molecule has 0 aliphatic carbocycles. The molecule has 1 saturated heterocycles. The predicted molar refractivity (Wildman–Crippen MR) is 150 cm³/mol. The summed E-state index contributed by atoms with van der Waals surface area (Å²) >= 11 is 0. The Morgan fingerprint density at radius 2 is 1.93 bits per heavy atom. The van der Waals surface area contributed by atoms with E-state index in [4.69, 9.17) is 9.47 Å². The van der Waals surface area contributed by atoms with Gasteiger partial charge < -0.3 is 19.9 Å². The second-order valence-electron chi connectivity index (χ2n) is 10.7. The molecular formula is C32H34F2N2O4. The third kappa shape index (κ3) is 5.28. The Hall–Kier alpha value is -3.91. The van der Waals surface area contributed by atoms with Gasteiger partial charge in [-0.2, -0.15) is 0 Å². The Morgan fingerprint density at radius 3 is 2.58 bits per heavy atom. The second kappa shape index (κ2) is 11.3.